The van der Waals surface area contributed by atoms with E-state index < -0.39 is 23.4 Å². The van der Waals surface area contributed by atoms with E-state index in [1.54, 1.807) is 0 Å². The molecule has 0 saturated carbocycles. The first-order chi connectivity index (χ1) is 11.3. The Kier molecular flexibility index (Phi) is 4.10. The van der Waals surface area contributed by atoms with E-state index in [1.165, 1.54) is 35.2 Å². The van der Waals surface area contributed by atoms with E-state index in [-0.39, 0.29) is 13.0 Å². The lowest BCUT2D eigenvalue weighted by Gasteiger charge is -2.13. The van der Waals surface area contributed by atoms with E-state index in [0.717, 1.165) is 16.8 Å². The normalized spacial score (nSPS) is 13.3. The van der Waals surface area contributed by atoms with Gasteiger partial charge in [-0.25, -0.2) is 9.20 Å². The molecule has 9 heteroatoms. The van der Waals surface area contributed by atoms with Gasteiger partial charge >= 0.3 is 6.18 Å². The molecule has 0 bridgehead atoms. The molecule has 1 N–H and O–H groups in total. The van der Waals surface area contributed by atoms with Crippen molar-refractivity contribution in [3.05, 3.63) is 64.3 Å². The molecule has 0 aliphatic carbocycles. The minimum Gasteiger partial charge on any atom is -0.391 e. The number of aliphatic hydroxyl groups excluding tert-OH is 1. The van der Waals surface area contributed by atoms with Crippen LogP contribution in [0.5, 0.6) is 0 Å². The number of aliphatic hydroxyl groups is 1. The van der Waals surface area contributed by atoms with Gasteiger partial charge < -0.3 is 5.11 Å². The third kappa shape index (κ3) is 3.30. The van der Waals surface area contributed by atoms with Crippen LogP contribution in [0.4, 0.5) is 13.2 Å². The minimum absolute atomic E-state index is 0.0679. The molecule has 0 fully saturated rings. The lowest BCUT2D eigenvalue weighted by atomic mass is 10.1. The molecule has 6 nitrogen and oxygen atoms in total. The first-order valence-electron chi connectivity index (χ1n) is 7.08. The highest BCUT2D eigenvalue weighted by atomic mass is 19.4. The molecule has 0 radical (unpaired) electrons. The first kappa shape index (κ1) is 16.2. The van der Waals surface area contributed by atoms with Crippen molar-refractivity contribution < 1.29 is 18.3 Å². The van der Waals surface area contributed by atoms with Gasteiger partial charge in [-0.3, -0.25) is 4.79 Å². The summed E-state index contributed by atoms with van der Waals surface area (Å²) in [6.45, 7) is -0.0679. The summed E-state index contributed by atoms with van der Waals surface area (Å²) in [7, 11) is 0. The average molecular weight is 338 g/mol. The van der Waals surface area contributed by atoms with Crippen molar-refractivity contribution >= 4 is 5.52 Å². The summed E-state index contributed by atoms with van der Waals surface area (Å²) < 4.78 is 40.0. The van der Waals surface area contributed by atoms with Gasteiger partial charge in [-0.15, -0.1) is 0 Å². The molecule has 0 aliphatic rings. The molecule has 1 atom stereocenters. The van der Waals surface area contributed by atoms with Crippen LogP contribution in [0.25, 0.3) is 5.52 Å². The Morgan fingerprint density at radius 1 is 1.12 bits per heavy atom. The van der Waals surface area contributed by atoms with Crippen LogP contribution in [0.15, 0.2) is 47.7 Å². The zero-order chi connectivity index (χ0) is 17.3. The number of benzene rings is 1. The van der Waals surface area contributed by atoms with Crippen LogP contribution in [0, 0.1) is 0 Å². The fourth-order valence-electron chi connectivity index (χ4n) is 2.37. The van der Waals surface area contributed by atoms with E-state index in [1.807, 2.05) is 0 Å². The number of rotatable bonds is 4. The number of hydrogen-bond acceptors (Lipinski definition) is 4. The van der Waals surface area contributed by atoms with Crippen LogP contribution in [-0.2, 0) is 19.1 Å². The van der Waals surface area contributed by atoms with Crippen molar-refractivity contribution in [1.82, 2.24) is 19.4 Å². The van der Waals surface area contributed by atoms with Gasteiger partial charge in [0, 0.05) is 6.42 Å². The largest absolute Gasteiger partial charge is 0.416 e. The van der Waals surface area contributed by atoms with Crippen molar-refractivity contribution in [2.45, 2.75) is 25.2 Å². The number of nitrogens with zero attached hydrogens (tertiary/aromatic N) is 4. The number of halogens is 3. The van der Waals surface area contributed by atoms with Crippen molar-refractivity contribution in [1.29, 1.82) is 0 Å². The Balaban J connectivity index is 1.71. The summed E-state index contributed by atoms with van der Waals surface area (Å²) in [5.74, 6) is 0. The Labute approximate surface area is 133 Å². The smallest absolute Gasteiger partial charge is 0.391 e. The maximum atomic E-state index is 12.5. The second-order valence-electron chi connectivity index (χ2n) is 5.33. The molecule has 0 aliphatic heterocycles. The minimum atomic E-state index is -4.39. The molecule has 0 amide bonds. The maximum absolute atomic E-state index is 12.5. The standard InChI is InChI=1S/C15H13F3N4O2/c16-15(17,18)11-3-1-10(2-4-11)7-12(23)8-21-14(24)13-5-6-19-22(13)9-20-21/h1-6,9,12,23H,7-8H2. The highest BCUT2D eigenvalue weighted by Gasteiger charge is 2.29. The van der Waals surface area contributed by atoms with E-state index in [4.69, 9.17) is 0 Å². The van der Waals surface area contributed by atoms with E-state index in [9.17, 15) is 23.1 Å². The molecule has 0 spiro atoms. The Morgan fingerprint density at radius 2 is 1.83 bits per heavy atom. The zero-order valence-electron chi connectivity index (χ0n) is 12.3. The van der Waals surface area contributed by atoms with Crippen LogP contribution in [-0.4, -0.2) is 30.6 Å². The highest BCUT2D eigenvalue weighted by molar-refractivity contribution is 5.41. The molecule has 1 aromatic carbocycles. The number of hydrogen-bond donors (Lipinski definition) is 1. The Hall–Kier alpha value is -2.68. The molecule has 3 aromatic rings. The number of aromatic nitrogens is 4. The van der Waals surface area contributed by atoms with Gasteiger partial charge in [-0.1, -0.05) is 12.1 Å². The van der Waals surface area contributed by atoms with Gasteiger partial charge in [0.25, 0.3) is 5.56 Å². The zero-order valence-corrected chi connectivity index (χ0v) is 12.3. The first-order valence-corrected chi connectivity index (χ1v) is 7.08. The molecular weight excluding hydrogens is 325 g/mol. The molecular formula is C15H13F3N4O2. The summed E-state index contributed by atoms with van der Waals surface area (Å²) in [6, 6.07) is 6.07. The van der Waals surface area contributed by atoms with Crippen LogP contribution < -0.4 is 5.56 Å². The molecule has 24 heavy (non-hydrogen) atoms. The van der Waals surface area contributed by atoms with E-state index in [2.05, 4.69) is 10.2 Å². The molecule has 2 aromatic heterocycles. The van der Waals surface area contributed by atoms with Crippen LogP contribution in [0.3, 0.4) is 0 Å². The molecule has 0 saturated heterocycles. The van der Waals surface area contributed by atoms with Crippen molar-refractivity contribution in [2.24, 2.45) is 0 Å². The third-order valence-electron chi connectivity index (χ3n) is 3.56. The summed E-state index contributed by atoms with van der Waals surface area (Å²) in [5.41, 5.74) is -0.285. The maximum Gasteiger partial charge on any atom is 0.416 e. The Morgan fingerprint density at radius 3 is 2.50 bits per heavy atom. The summed E-state index contributed by atoms with van der Waals surface area (Å²) in [6.07, 6.45) is -2.44. The third-order valence-corrected chi connectivity index (χ3v) is 3.56. The van der Waals surface area contributed by atoms with Crippen molar-refractivity contribution in [3.63, 3.8) is 0 Å². The second-order valence-corrected chi connectivity index (χ2v) is 5.33. The van der Waals surface area contributed by atoms with Gasteiger partial charge in [0.05, 0.1) is 24.4 Å². The fraction of sp³-hybridized carbons (Fsp3) is 0.267. The monoisotopic (exact) mass is 338 g/mol. The molecule has 126 valence electrons. The SMILES string of the molecule is O=c1c2ccnn2cnn1CC(O)Cc1ccc(C(F)(F)F)cc1. The number of fused-ring (bicyclic) bond motifs is 1. The summed E-state index contributed by atoms with van der Waals surface area (Å²) in [5, 5.41) is 17.9. The van der Waals surface area contributed by atoms with Gasteiger partial charge in [0.1, 0.15) is 11.8 Å². The van der Waals surface area contributed by atoms with Gasteiger partial charge in [0.15, 0.2) is 0 Å². The average Bonchev–Trinajstić information content (AvgIpc) is 2.99. The summed E-state index contributed by atoms with van der Waals surface area (Å²) in [4.78, 5) is 12.1. The van der Waals surface area contributed by atoms with Gasteiger partial charge in [-0.05, 0) is 23.8 Å². The lowest BCUT2D eigenvalue weighted by molar-refractivity contribution is -0.137. The topological polar surface area (TPSA) is 72.4 Å². The highest BCUT2D eigenvalue weighted by Crippen LogP contribution is 2.29. The summed E-state index contributed by atoms with van der Waals surface area (Å²) >= 11 is 0. The fourth-order valence-corrected chi connectivity index (χ4v) is 2.37. The Bertz CT molecular complexity index is 899. The van der Waals surface area contributed by atoms with Crippen LogP contribution in [0.1, 0.15) is 11.1 Å². The van der Waals surface area contributed by atoms with Crippen molar-refractivity contribution in [2.75, 3.05) is 0 Å². The number of alkyl halides is 3. The van der Waals surface area contributed by atoms with Gasteiger partial charge in [-0.2, -0.15) is 23.4 Å². The quantitative estimate of drug-likeness (QED) is 0.783. The molecule has 2 heterocycles. The van der Waals surface area contributed by atoms with E-state index >= 15 is 0 Å². The van der Waals surface area contributed by atoms with E-state index in [0.29, 0.717) is 11.1 Å². The van der Waals surface area contributed by atoms with Gasteiger partial charge in [0.2, 0.25) is 0 Å². The predicted molar refractivity (Wildman–Crippen MR) is 78.4 cm³/mol. The molecule has 1 unspecified atom stereocenters. The second kappa shape index (κ2) is 6.08. The van der Waals surface area contributed by atoms with Crippen LogP contribution >= 0.6 is 0 Å². The predicted octanol–water partition coefficient (Wildman–Crippen LogP) is 1.51. The lowest BCUT2D eigenvalue weighted by Crippen LogP contribution is -2.30. The van der Waals surface area contributed by atoms with Crippen LogP contribution in [0.2, 0.25) is 0 Å². The van der Waals surface area contributed by atoms with Crippen molar-refractivity contribution in [3.8, 4) is 0 Å². The molecule has 3 rings (SSSR count).